The summed E-state index contributed by atoms with van der Waals surface area (Å²) < 4.78 is 49.7. The summed E-state index contributed by atoms with van der Waals surface area (Å²) in [6.45, 7) is 5.60. The Hall–Kier alpha value is -0.116. The highest BCUT2D eigenvalue weighted by atomic mass is 28.4. The van der Waals surface area contributed by atoms with Crippen LogP contribution in [0.15, 0.2) is 11.8 Å². The molecule has 2 fully saturated rings. The van der Waals surface area contributed by atoms with Crippen molar-refractivity contribution in [1.82, 2.24) is 0 Å². The lowest BCUT2D eigenvalue weighted by molar-refractivity contribution is -0.131. The Labute approximate surface area is 127 Å². The van der Waals surface area contributed by atoms with E-state index >= 15 is 0 Å². The van der Waals surface area contributed by atoms with Gasteiger partial charge in [0, 0.05) is 19.6 Å². The maximum Gasteiger partial charge on any atom is 0.388 e. The first-order valence-corrected chi connectivity index (χ1v) is 12.3. The normalized spacial score (nSPS) is 31.1. The second kappa shape index (κ2) is 7.43. The van der Waals surface area contributed by atoms with Crippen LogP contribution in [0.3, 0.4) is 0 Å². The maximum atomic E-state index is 12.6. The van der Waals surface area contributed by atoms with Crippen LogP contribution in [0.25, 0.3) is 0 Å². The van der Waals surface area contributed by atoms with Crippen LogP contribution in [0.5, 0.6) is 0 Å². The third kappa shape index (κ3) is 5.23. The van der Waals surface area contributed by atoms with Crippen LogP contribution in [0.2, 0.25) is 24.2 Å². The highest BCUT2D eigenvalue weighted by Crippen LogP contribution is 2.38. The fourth-order valence-corrected chi connectivity index (χ4v) is 11.2. The van der Waals surface area contributed by atoms with Gasteiger partial charge < -0.3 is 8.85 Å². The Morgan fingerprint density at radius 2 is 1.90 bits per heavy atom. The van der Waals surface area contributed by atoms with Crippen molar-refractivity contribution >= 4 is 17.4 Å². The summed E-state index contributed by atoms with van der Waals surface area (Å²) in [5.74, 6) is 0. The Morgan fingerprint density at radius 3 is 2.48 bits per heavy atom. The zero-order valence-electron chi connectivity index (χ0n) is 12.5. The van der Waals surface area contributed by atoms with Gasteiger partial charge >= 0.3 is 6.18 Å². The van der Waals surface area contributed by atoms with Gasteiger partial charge in [-0.3, -0.25) is 0 Å². The summed E-state index contributed by atoms with van der Waals surface area (Å²) >= 11 is 0. The number of halogens is 3. The number of hydrogen-bond acceptors (Lipinski definition) is 2. The Kier molecular flexibility index (Phi) is 6.10. The van der Waals surface area contributed by atoms with E-state index in [-0.39, 0.29) is 6.04 Å². The quantitative estimate of drug-likeness (QED) is 0.695. The van der Waals surface area contributed by atoms with Crippen molar-refractivity contribution in [2.75, 3.05) is 13.2 Å². The molecule has 2 heterocycles. The van der Waals surface area contributed by atoms with Crippen LogP contribution in [0.1, 0.15) is 32.1 Å². The van der Waals surface area contributed by atoms with E-state index < -0.39 is 30.0 Å². The smallest absolute Gasteiger partial charge is 0.388 e. The molecule has 7 heteroatoms. The molecule has 2 rings (SSSR count). The van der Waals surface area contributed by atoms with Crippen molar-refractivity contribution in [1.29, 1.82) is 0 Å². The predicted octanol–water partition coefficient (Wildman–Crippen LogP) is 4.32. The van der Waals surface area contributed by atoms with E-state index in [4.69, 9.17) is 8.85 Å². The molecule has 0 amide bonds. The van der Waals surface area contributed by atoms with Gasteiger partial charge in [0.15, 0.2) is 9.04 Å². The van der Waals surface area contributed by atoms with Gasteiger partial charge in [0.2, 0.25) is 8.32 Å². The van der Waals surface area contributed by atoms with Crippen molar-refractivity contribution in [2.45, 2.75) is 62.5 Å². The third-order valence-electron chi connectivity index (χ3n) is 4.56. The minimum Gasteiger partial charge on any atom is -0.420 e. The molecule has 2 atom stereocenters. The van der Waals surface area contributed by atoms with Gasteiger partial charge in [-0.2, -0.15) is 13.2 Å². The summed E-state index contributed by atoms with van der Waals surface area (Å²) in [5, 5.41) is 0.991. The molecular weight excluding hydrogens is 313 g/mol. The standard InChI is InChI=1S/C14H25F3O2Si2/c1-13(12-20-9-4-2-7-18-20)21(10-5-3-8-19-21)11-6-14(15,16)17/h20H,1-12H2. The van der Waals surface area contributed by atoms with Crippen molar-refractivity contribution in [2.24, 2.45) is 0 Å². The van der Waals surface area contributed by atoms with Crippen LogP contribution in [0, 0.1) is 0 Å². The van der Waals surface area contributed by atoms with Crippen molar-refractivity contribution < 1.29 is 22.0 Å². The second-order valence-corrected chi connectivity index (χ2v) is 12.8. The van der Waals surface area contributed by atoms with Crippen molar-refractivity contribution in [3.8, 4) is 0 Å². The zero-order valence-corrected chi connectivity index (χ0v) is 14.7. The molecule has 21 heavy (non-hydrogen) atoms. The molecule has 0 aromatic carbocycles. The molecule has 0 radical (unpaired) electrons. The fourth-order valence-electron chi connectivity index (χ4n) is 3.28. The SMILES string of the molecule is C=C(C[SiH]1CCCCO1)[Si]1(CCC(F)(F)F)CCCCO1. The molecule has 0 saturated carbocycles. The number of allylic oxidation sites excluding steroid dienone is 1. The fraction of sp³-hybridized carbons (Fsp3) is 0.857. The number of rotatable bonds is 5. The Bertz CT molecular complexity index is 349. The molecule has 2 aliphatic heterocycles. The van der Waals surface area contributed by atoms with Gasteiger partial charge in [-0.15, -0.1) is 6.58 Å². The Morgan fingerprint density at radius 1 is 1.14 bits per heavy atom. The highest BCUT2D eigenvalue weighted by Gasteiger charge is 2.43. The molecule has 0 spiro atoms. The largest absolute Gasteiger partial charge is 0.420 e. The maximum absolute atomic E-state index is 12.6. The van der Waals surface area contributed by atoms with Gasteiger partial charge in [0.25, 0.3) is 0 Å². The third-order valence-corrected chi connectivity index (χ3v) is 12.1. The molecule has 2 aliphatic rings. The first-order chi connectivity index (χ1) is 9.91. The Balaban J connectivity index is 1.98. The second-order valence-electron chi connectivity index (χ2n) is 6.21. The topological polar surface area (TPSA) is 18.5 Å². The summed E-state index contributed by atoms with van der Waals surface area (Å²) in [6.07, 6.45) is -0.571. The van der Waals surface area contributed by atoms with Crippen LogP contribution in [0.4, 0.5) is 13.2 Å². The van der Waals surface area contributed by atoms with Gasteiger partial charge in [0.05, 0.1) is 0 Å². The first kappa shape index (κ1) is 17.2. The van der Waals surface area contributed by atoms with Gasteiger partial charge in [0.1, 0.15) is 0 Å². The summed E-state index contributed by atoms with van der Waals surface area (Å²) in [5.41, 5.74) is 0. The average Bonchev–Trinajstić information content (AvgIpc) is 2.46. The lowest BCUT2D eigenvalue weighted by Crippen LogP contribution is -2.45. The van der Waals surface area contributed by atoms with Crippen LogP contribution in [-0.2, 0) is 8.85 Å². The molecular formula is C14H25F3O2Si2. The zero-order chi connectivity index (χ0) is 15.3. The van der Waals surface area contributed by atoms with Gasteiger partial charge in [-0.1, -0.05) is 18.0 Å². The minimum atomic E-state index is -4.10. The average molecular weight is 339 g/mol. The molecule has 2 nitrogen and oxygen atoms in total. The number of hydrogen-bond donors (Lipinski definition) is 0. The molecule has 0 aliphatic carbocycles. The van der Waals surface area contributed by atoms with E-state index in [1.165, 1.54) is 6.42 Å². The van der Waals surface area contributed by atoms with E-state index in [9.17, 15) is 13.2 Å². The summed E-state index contributed by atoms with van der Waals surface area (Å²) in [4.78, 5) is 0. The molecule has 0 bridgehead atoms. The molecule has 0 N–H and O–H groups in total. The van der Waals surface area contributed by atoms with Crippen LogP contribution >= 0.6 is 0 Å². The molecule has 0 aromatic rings. The molecule has 2 unspecified atom stereocenters. The molecule has 122 valence electrons. The van der Waals surface area contributed by atoms with E-state index in [0.29, 0.717) is 6.61 Å². The van der Waals surface area contributed by atoms with Crippen LogP contribution < -0.4 is 0 Å². The lowest BCUT2D eigenvalue weighted by atomic mass is 10.4. The van der Waals surface area contributed by atoms with E-state index in [1.54, 1.807) is 0 Å². The monoisotopic (exact) mass is 338 g/mol. The van der Waals surface area contributed by atoms with E-state index in [2.05, 4.69) is 6.58 Å². The molecule has 2 saturated heterocycles. The summed E-state index contributed by atoms with van der Waals surface area (Å²) in [7, 11) is -3.73. The highest BCUT2D eigenvalue weighted by molar-refractivity contribution is 6.82. The number of alkyl halides is 3. The predicted molar refractivity (Wildman–Crippen MR) is 82.3 cm³/mol. The summed E-state index contributed by atoms with van der Waals surface area (Å²) in [6, 6.07) is 2.91. The van der Waals surface area contributed by atoms with Crippen LogP contribution in [-0.4, -0.2) is 36.7 Å². The molecule has 0 aromatic heterocycles. The van der Waals surface area contributed by atoms with E-state index in [1.807, 2.05) is 0 Å². The van der Waals surface area contributed by atoms with Gasteiger partial charge in [-0.05, 0) is 37.0 Å². The minimum absolute atomic E-state index is 0.149. The first-order valence-electron chi connectivity index (χ1n) is 7.92. The lowest BCUT2D eigenvalue weighted by Gasteiger charge is -2.38. The van der Waals surface area contributed by atoms with Crippen molar-refractivity contribution in [3.63, 3.8) is 0 Å². The van der Waals surface area contributed by atoms with Crippen molar-refractivity contribution in [3.05, 3.63) is 11.8 Å². The van der Waals surface area contributed by atoms with E-state index in [0.717, 1.165) is 49.2 Å². The van der Waals surface area contributed by atoms with Gasteiger partial charge in [-0.25, -0.2) is 0 Å².